The molecule has 0 saturated carbocycles. The molecule has 7 heteroatoms. The molecular formula is C26H21N3O3S. The number of nitrogens with zero attached hydrogens (tertiary/aromatic N) is 2. The highest BCUT2D eigenvalue weighted by Crippen LogP contribution is 2.27. The molecule has 1 heterocycles. The van der Waals surface area contributed by atoms with Crippen molar-refractivity contribution in [2.24, 2.45) is 0 Å². The average Bonchev–Trinajstić information content (AvgIpc) is 2.88. The van der Waals surface area contributed by atoms with E-state index >= 15 is 0 Å². The van der Waals surface area contributed by atoms with Gasteiger partial charge in [0.15, 0.2) is 5.16 Å². The number of nitrogens with one attached hydrogen (secondary N) is 1. The summed E-state index contributed by atoms with van der Waals surface area (Å²) in [5.74, 6) is -0.563. The van der Waals surface area contributed by atoms with Gasteiger partial charge in [0.25, 0.3) is 0 Å². The van der Waals surface area contributed by atoms with Crippen LogP contribution in [0, 0.1) is 0 Å². The van der Waals surface area contributed by atoms with Crippen LogP contribution in [0.1, 0.15) is 10.4 Å². The molecule has 164 valence electrons. The number of ether oxygens (including phenoxy) is 1. The van der Waals surface area contributed by atoms with E-state index in [0.29, 0.717) is 16.4 Å². The maximum atomic E-state index is 12.5. The van der Waals surface area contributed by atoms with E-state index in [1.807, 2.05) is 66.7 Å². The molecule has 0 fully saturated rings. The van der Waals surface area contributed by atoms with Crippen molar-refractivity contribution < 1.29 is 14.3 Å². The van der Waals surface area contributed by atoms with Gasteiger partial charge in [0.2, 0.25) is 5.91 Å². The second-order valence-corrected chi connectivity index (χ2v) is 8.00. The monoisotopic (exact) mass is 455 g/mol. The zero-order valence-corrected chi connectivity index (χ0v) is 18.7. The van der Waals surface area contributed by atoms with Gasteiger partial charge in [-0.1, -0.05) is 78.5 Å². The first-order valence-corrected chi connectivity index (χ1v) is 11.2. The average molecular weight is 456 g/mol. The van der Waals surface area contributed by atoms with Crippen LogP contribution < -0.4 is 5.32 Å². The number of methoxy groups -OCH3 is 1. The fraction of sp³-hybridized carbons (Fsp3) is 0.0769. The summed E-state index contributed by atoms with van der Waals surface area (Å²) in [4.78, 5) is 33.6. The van der Waals surface area contributed by atoms with Gasteiger partial charge in [0.1, 0.15) is 0 Å². The Hall–Kier alpha value is -3.97. The van der Waals surface area contributed by atoms with E-state index < -0.39 is 5.97 Å². The first-order valence-electron chi connectivity index (χ1n) is 10.2. The van der Waals surface area contributed by atoms with Gasteiger partial charge in [-0.25, -0.2) is 14.8 Å². The van der Waals surface area contributed by atoms with Gasteiger partial charge in [-0.15, -0.1) is 0 Å². The van der Waals surface area contributed by atoms with Gasteiger partial charge in [-0.05, 0) is 24.3 Å². The van der Waals surface area contributed by atoms with Crippen molar-refractivity contribution in [1.82, 2.24) is 9.97 Å². The van der Waals surface area contributed by atoms with E-state index in [2.05, 4.69) is 15.3 Å². The second-order valence-electron chi connectivity index (χ2n) is 7.06. The molecule has 0 radical (unpaired) electrons. The summed E-state index contributed by atoms with van der Waals surface area (Å²) in [6, 6.07) is 28.3. The molecule has 6 nitrogen and oxygen atoms in total. The van der Waals surface area contributed by atoms with Crippen LogP contribution in [-0.4, -0.2) is 34.7 Å². The fourth-order valence-electron chi connectivity index (χ4n) is 3.17. The SMILES string of the molecule is COC(=O)c1cccc(NC(=O)CSc2nc(-c3ccccc3)cc(-c3ccccc3)n2)c1. The molecule has 33 heavy (non-hydrogen) atoms. The first-order chi connectivity index (χ1) is 16.1. The summed E-state index contributed by atoms with van der Waals surface area (Å²) in [5, 5.41) is 3.31. The Morgan fingerprint density at radius 3 is 2.00 bits per heavy atom. The van der Waals surface area contributed by atoms with Gasteiger partial charge in [-0.2, -0.15) is 0 Å². The summed E-state index contributed by atoms with van der Waals surface area (Å²) < 4.78 is 4.72. The quantitative estimate of drug-likeness (QED) is 0.231. The zero-order chi connectivity index (χ0) is 23.0. The molecular weight excluding hydrogens is 434 g/mol. The van der Waals surface area contributed by atoms with Crippen molar-refractivity contribution in [1.29, 1.82) is 0 Å². The molecule has 0 atom stereocenters. The van der Waals surface area contributed by atoms with E-state index in [4.69, 9.17) is 4.74 Å². The predicted molar refractivity (Wildman–Crippen MR) is 130 cm³/mol. The first kappa shape index (κ1) is 22.2. The number of amides is 1. The number of rotatable bonds is 7. The molecule has 1 aromatic heterocycles. The van der Waals surface area contributed by atoms with Gasteiger partial charge in [-0.3, -0.25) is 4.79 Å². The molecule has 0 aliphatic heterocycles. The number of hydrogen-bond donors (Lipinski definition) is 1. The van der Waals surface area contributed by atoms with E-state index in [9.17, 15) is 9.59 Å². The number of carbonyl (C=O) groups excluding carboxylic acids is 2. The molecule has 0 saturated heterocycles. The second kappa shape index (κ2) is 10.6. The van der Waals surface area contributed by atoms with Crippen LogP contribution in [0.4, 0.5) is 5.69 Å². The predicted octanol–water partition coefficient (Wildman–Crippen LogP) is 5.33. The highest BCUT2D eigenvalue weighted by atomic mass is 32.2. The molecule has 3 aromatic carbocycles. The maximum Gasteiger partial charge on any atom is 0.337 e. The van der Waals surface area contributed by atoms with Gasteiger partial charge in [0.05, 0.1) is 29.8 Å². The molecule has 1 amide bonds. The molecule has 4 rings (SSSR count). The Balaban J connectivity index is 1.53. The number of carbonyl (C=O) groups is 2. The van der Waals surface area contributed by atoms with E-state index in [0.717, 1.165) is 22.5 Å². The number of aromatic nitrogens is 2. The maximum absolute atomic E-state index is 12.5. The van der Waals surface area contributed by atoms with E-state index in [-0.39, 0.29) is 11.7 Å². The van der Waals surface area contributed by atoms with Crippen LogP contribution >= 0.6 is 11.8 Å². The lowest BCUT2D eigenvalue weighted by Crippen LogP contribution is -2.15. The summed E-state index contributed by atoms with van der Waals surface area (Å²) in [5.41, 5.74) is 4.42. The lowest BCUT2D eigenvalue weighted by atomic mass is 10.1. The van der Waals surface area contributed by atoms with E-state index in [1.54, 1.807) is 24.3 Å². The molecule has 4 aromatic rings. The number of hydrogen-bond acceptors (Lipinski definition) is 6. The minimum absolute atomic E-state index is 0.120. The van der Waals surface area contributed by atoms with Crippen LogP contribution in [0.25, 0.3) is 22.5 Å². The van der Waals surface area contributed by atoms with Crippen LogP contribution in [0.15, 0.2) is 96.2 Å². The Morgan fingerprint density at radius 2 is 1.42 bits per heavy atom. The highest BCUT2D eigenvalue weighted by Gasteiger charge is 2.12. The standard InChI is InChI=1S/C26H21N3O3S/c1-32-25(31)20-13-8-14-21(15-20)27-24(30)17-33-26-28-22(18-9-4-2-5-10-18)16-23(29-26)19-11-6-3-7-12-19/h2-16H,17H2,1H3,(H,27,30). The van der Waals surface area contributed by atoms with Crippen molar-refractivity contribution >= 4 is 29.3 Å². The number of thioether (sulfide) groups is 1. The summed E-state index contributed by atoms with van der Waals surface area (Å²) in [7, 11) is 1.32. The Kier molecular flexibility index (Phi) is 7.12. The van der Waals surface area contributed by atoms with Gasteiger partial charge < -0.3 is 10.1 Å². The Labute approximate surface area is 196 Å². The highest BCUT2D eigenvalue weighted by molar-refractivity contribution is 7.99. The number of anilines is 1. The molecule has 0 aliphatic carbocycles. The van der Waals surface area contributed by atoms with Crippen LogP contribution in [0.3, 0.4) is 0 Å². The molecule has 0 aliphatic rings. The van der Waals surface area contributed by atoms with Crippen LogP contribution in [0.5, 0.6) is 0 Å². The van der Waals surface area contributed by atoms with Gasteiger partial charge in [0, 0.05) is 16.8 Å². The third-order valence-corrected chi connectivity index (χ3v) is 5.59. The van der Waals surface area contributed by atoms with E-state index in [1.165, 1.54) is 18.9 Å². The fourth-order valence-corrected chi connectivity index (χ4v) is 3.83. The van der Waals surface area contributed by atoms with Gasteiger partial charge >= 0.3 is 5.97 Å². The third kappa shape index (κ3) is 5.84. The molecule has 0 unspecified atom stereocenters. The van der Waals surface area contributed by atoms with Crippen molar-refractivity contribution in [2.45, 2.75) is 5.16 Å². The minimum atomic E-state index is -0.458. The topological polar surface area (TPSA) is 81.2 Å². The van der Waals surface area contributed by atoms with Crippen LogP contribution in [-0.2, 0) is 9.53 Å². The largest absolute Gasteiger partial charge is 0.465 e. The third-order valence-electron chi connectivity index (χ3n) is 4.74. The molecule has 1 N–H and O–H groups in total. The number of benzene rings is 3. The molecule has 0 spiro atoms. The smallest absolute Gasteiger partial charge is 0.337 e. The summed E-state index contributed by atoms with van der Waals surface area (Å²) >= 11 is 1.25. The Morgan fingerprint density at radius 1 is 0.818 bits per heavy atom. The lowest BCUT2D eigenvalue weighted by molar-refractivity contribution is -0.113. The number of esters is 1. The van der Waals surface area contributed by atoms with Crippen molar-refractivity contribution in [3.8, 4) is 22.5 Å². The van der Waals surface area contributed by atoms with Crippen LogP contribution in [0.2, 0.25) is 0 Å². The van der Waals surface area contributed by atoms with Crippen molar-refractivity contribution in [3.05, 3.63) is 96.6 Å². The van der Waals surface area contributed by atoms with Crippen molar-refractivity contribution in [2.75, 3.05) is 18.2 Å². The normalized spacial score (nSPS) is 10.5. The minimum Gasteiger partial charge on any atom is -0.465 e. The summed E-state index contributed by atoms with van der Waals surface area (Å²) in [6.45, 7) is 0. The Bertz CT molecular complexity index is 1210. The summed E-state index contributed by atoms with van der Waals surface area (Å²) in [6.07, 6.45) is 0. The molecule has 0 bridgehead atoms. The van der Waals surface area contributed by atoms with Crippen molar-refractivity contribution in [3.63, 3.8) is 0 Å². The lowest BCUT2D eigenvalue weighted by Gasteiger charge is -2.09. The zero-order valence-electron chi connectivity index (χ0n) is 17.9.